The number of likely N-dealkylation sites (tertiary alicyclic amines) is 1. The summed E-state index contributed by atoms with van der Waals surface area (Å²) in [6, 6.07) is 8.33. The average molecular weight is 315 g/mol. The maximum absolute atomic E-state index is 12.7. The van der Waals surface area contributed by atoms with Crippen molar-refractivity contribution in [1.82, 2.24) is 4.90 Å². The van der Waals surface area contributed by atoms with Crippen LogP contribution < -0.4 is 0 Å². The first-order valence-corrected chi connectivity index (χ1v) is 8.62. The number of carboxylic acids is 1. The number of nitrogens with zero attached hydrogens (tertiary/aromatic N) is 1. The number of hydrogen-bond acceptors (Lipinski definition) is 2. The van der Waals surface area contributed by atoms with Gasteiger partial charge in [0, 0.05) is 25.4 Å². The topological polar surface area (TPSA) is 57.6 Å². The van der Waals surface area contributed by atoms with Crippen LogP contribution in [0.2, 0.25) is 0 Å². The van der Waals surface area contributed by atoms with Crippen LogP contribution in [0.3, 0.4) is 0 Å². The largest absolute Gasteiger partial charge is 0.481 e. The Balaban J connectivity index is 1.57. The van der Waals surface area contributed by atoms with Crippen LogP contribution in [-0.4, -0.2) is 35.0 Å². The minimum Gasteiger partial charge on any atom is -0.481 e. The molecule has 0 unspecified atom stereocenters. The number of piperidine rings is 1. The summed E-state index contributed by atoms with van der Waals surface area (Å²) in [5.41, 5.74) is 2.58. The highest BCUT2D eigenvalue weighted by Crippen LogP contribution is 2.49. The molecular formula is C19H25NO3. The lowest BCUT2D eigenvalue weighted by Crippen LogP contribution is -2.41. The second kappa shape index (κ2) is 6.73. The highest BCUT2D eigenvalue weighted by molar-refractivity contribution is 5.83. The smallest absolute Gasteiger partial charge is 0.303 e. The molecule has 2 aliphatic rings. The van der Waals surface area contributed by atoms with E-state index in [4.69, 9.17) is 5.11 Å². The lowest BCUT2D eigenvalue weighted by atomic mass is 9.93. The molecule has 0 spiro atoms. The summed E-state index contributed by atoms with van der Waals surface area (Å²) in [5.74, 6) is 0.394. The van der Waals surface area contributed by atoms with Gasteiger partial charge in [-0.15, -0.1) is 0 Å². The van der Waals surface area contributed by atoms with Crippen molar-refractivity contribution in [3.63, 3.8) is 0 Å². The fraction of sp³-hybridized carbons (Fsp3) is 0.579. The van der Waals surface area contributed by atoms with Crippen LogP contribution in [0.25, 0.3) is 0 Å². The molecule has 1 heterocycles. The summed E-state index contributed by atoms with van der Waals surface area (Å²) in [7, 11) is 0. The number of amides is 1. The molecule has 1 aromatic carbocycles. The number of carbonyl (C=O) groups is 2. The van der Waals surface area contributed by atoms with E-state index in [0.717, 1.165) is 32.4 Å². The lowest BCUT2D eigenvalue weighted by Gasteiger charge is -2.33. The summed E-state index contributed by atoms with van der Waals surface area (Å²) < 4.78 is 0. The fourth-order valence-corrected chi connectivity index (χ4v) is 3.88. The highest BCUT2D eigenvalue weighted by atomic mass is 16.4. The van der Waals surface area contributed by atoms with E-state index in [1.54, 1.807) is 0 Å². The van der Waals surface area contributed by atoms with E-state index in [9.17, 15) is 9.59 Å². The third-order valence-electron chi connectivity index (χ3n) is 5.29. The average Bonchev–Trinajstić information content (AvgIpc) is 3.33. The zero-order valence-corrected chi connectivity index (χ0v) is 13.7. The third-order valence-corrected chi connectivity index (χ3v) is 5.29. The van der Waals surface area contributed by atoms with Gasteiger partial charge < -0.3 is 10.0 Å². The monoisotopic (exact) mass is 315 g/mol. The van der Waals surface area contributed by atoms with Gasteiger partial charge in [-0.3, -0.25) is 9.59 Å². The molecule has 1 aromatic rings. The summed E-state index contributed by atoms with van der Waals surface area (Å²) >= 11 is 0. The minimum atomic E-state index is -0.741. The number of hydrogen-bond donors (Lipinski definition) is 1. The fourth-order valence-electron chi connectivity index (χ4n) is 3.88. The van der Waals surface area contributed by atoms with Crippen LogP contribution in [0.1, 0.15) is 49.1 Å². The Morgan fingerprint density at radius 3 is 2.83 bits per heavy atom. The zero-order valence-electron chi connectivity index (χ0n) is 13.7. The Kier molecular flexibility index (Phi) is 4.69. The maximum atomic E-state index is 12.7. The van der Waals surface area contributed by atoms with Crippen molar-refractivity contribution in [2.24, 2.45) is 11.8 Å². The van der Waals surface area contributed by atoms with E-state index in [1.807, 2.05) is 17.0 Å². The number of aliphatic carboxylic acids is 1. The normalized spacial score (nSPS) is 26.8. The Bertz CT molecular complexity index is 598. The minimum absolute atomic E-state index is 0.134. The molecule has 2 fully saturated rings. The molecule has 1 aliphatic carbocycles. The van der Waals surface area contributed by atoms with Crippen molar-refractivity contribution >= 4 is 11.9 Å². The number of benzene rings is 1. The molecule has 1 saturated carbocycles. The van der Waals surface area contributed by atoms with Crippen LogP contribution in [-0.2, 0) is 9.59 Å². The standard InChI is InChI=1S/C19H25NO3/c1-13-5-2-3-7-15(13)16-11-17(16)19(23)20-10-4-6-14(12-20)8-9-18(21)22/h2-3,5,7,14,16-17H,4,6,8-12H2,1H3,(H,21,22)/t14-,16+,17+/m1/s1. The molecule has 1 saturated heterocycles. The first kappa shape index (κ1) is 16.0. The molecule has 124 valence electrons. The van der Waals surface area contributed by atoms with Gasteiger partial charge in [0.2, 0.25) is 5.91 Å². The van der Waals surface area contributed by atoms with Crippen LogP contribution in [0.5, 0.6) is 0 Å². The first-order chi connectivity index (χ1) is 11.1. The third kappa shape index (κ3) is 3.74. The van der Waals surface area contributed by atoms with Crippen molar-refractivity contribution in [1.29, 1.82) is 0 Å². The highest BCUT2D eigenvalue weighted by Gasteiger charge is 2.46. The molecule has 23 heavy (non-hydrogen) atoms. The molecule has 3 rings (SSSR count). The number of carbonyl (C=O) groups excluding carboxylic acids is 1. The maximum Gasteiger partial charge on any atom is 0.303 e. The van der Waals surface area contributed by atoms with E-state index in [-0.39, 0.29) is 18.2 Å². The quantitative estimate of drug-likeness (QED) is 0.908. The Morgan fingerprint density at radius 2 is 2.09 bits per heavy atom. The number of rotatable bonds is 5. The molecule has 0 aromatic heterocycles. The van der Waals surface area contributed by atoms with E-state index in [1.165, 1.54) is 11.1 Å². The van der Waals surface area contributed by atoms with E-state index in [2.05, 4.69) is 19.1 Å². The molecule has 3 atom stereocenters. The van der Waals surface area contributed by atoms with Gasteiger partial charge in [-0.2, -0.15) is 0 Å². The van der Waals surface area contributed by atoms with Crippen molar-refractivity contribution in [2.45, 2.75) is 44.9 Å². The zero-order chi connectivity index (χ0) is 16.4. The molecule has 4 heteroatoms. The summed E-state index contributed by atoms with van der Waals surface area (Å²) in [5, 5.41) is 8.82. The van der Waals surface area contributed by atoms with Crippen molar-refractivity contribution < 1.29 is 14.7 Å². The molecule has 1 N–H and O–H groups in total. The summed E-state index contributed by atoms with van der Waals surface area (Å²) in [4.78, 5) is 25.5. The summed E-state index contributed by atoms with van der Waals surface area (Å²) in [6.45, 7) is 3.68. The van der Waals surface area contributed by atoms with Gasteiger partial charge >= 0.3 is 5.97 Å². The van der Waals surface area contributed by atoms with Gasteiger partial charge in [0.25, 0.3) is 0 Å². The van der Waals surface area contributed by atoms with Crippen molar-refractivity contribution in [2.75, 3.05) is 13.1 Å². The van der Waals surface area contributed by atoms with Crippen LogP contribution in [0.4, 0.5) is 0 Å². The first-order valence-electron chi connectivity index (χ1n) is 8.62. The Morgan fingerprint density at radius 1 is 1.30 bits per heavy atom. The van der Waals surface area contributed by atoms with Gasteiger partial charge in [-0.1, -0.05) is 24.3 Å². The van der Waals surface area contributed by atoms with E-state index >= 15 is 0 Å². The van der Waals surface area contributed by atoms with Gasteiger partial charge in [0.05, 0.1) is 0 Å². The van der Waals surface area contributed by atoms with E-state index < -0.39 is 5.97 Å². The van der Waals surface area contributed by atoms with Gasteiger partial charge in [0.1, 0.15) is 0 Å². The molecule has 1 aliphatic heterocycles. The van der Waals surface area contributed by atoms with Crippen LogP contribution >= 0.6 is 0 Å². The molecule has 4 nitrogen and oxygen atoms in total. The predicted molar refractivity (Wildman–Crippen MR) is 88.2 cm³/mol. The van der Waals surface area contributed by atoms with Crippen LogP contribution in [0, 0.1) is 18.8 Å². The molecule has 1 amide bonds. The Labute approximate surface area is 137 Å². The van der Waals surface area contributed by atoms with Crippen molar-refractivity contribution in [3.8, 4) is 0 Å². The van der Waals surface area contributed by atoms with Crippen molar-refractivity contribution in [3.05, 3.63) is 35.4 Å². The Hall–Kier alpha value is -1.84. The van der Waals surface area contributed by atoms with E-state index in [0.29, 0.717) is 18.3 Å². The second-order valence-corrected chi connectivity index (χ2v) is 7.03. The van der Waals surface area contributed by atoms with Crippen LogP contribution in [0.15, 0.2) is 24.3 Å². The SMILES string of the molecule is Cc1ccccc1[C@@H]1C[C@@H]1C(=O)N1CCC[C@H](CCC(=O)O)C1. The predicted octanol–water partition coefficient (Wildman–Crippen LogP) is 3.20. The molecule has 0 radical (unpaired) electrons. The second-order valence-electron chi connectivity index (χ2n) is 7.03. The number of aryl methyl sites for hydroxylation is 1. The summed E-state index contributed by atoms with van der Waals surface area (Å²) in [6.07, 6.45) is 3.90. The van der Waals surface area contributed by atoms with Gasteiger partial charge in [0.15, 0.2) is 0 Å². The molecular weight excluding hydrogens is 290 g/mol. The van der Waals surface area contributed by atoms with Gasteiger partial charge in [-0.25, -0.2) is 0 Å². The number of carboxylic acid groups (broad SMARTS) is 1. The lowest BCUT2D eigenvalue weighted by molar-refractivity contribution is -0.137. The van der Waals surface area contributed by atoms with Gasteiger partial charge in [-0.05, 0) is 55.6 Å². The molecule has 0 bridgehead atoms.